The molecule has 0 N–H and O–H groups in total. The minimum atomic E-state index is 0.529. The molecule has 0 spiro atoms. The summed E-state index contributed by atoms with van der Waals surface area (Å²) in [6.45, 7) is 0. The van der Waals surface area contributed by atoms with Crippen molar-refractivity contribution >= 4 is 0 Å². The maximum Gasteiger partial charge on any atom is 0.153 e. The molecule has 0 aliphatic rings. The van der Waals surface area contributed by atoms with Crippen LogP contribution in [0, 0.1) is 11.3 Å². The molecule has 0 fully saturated rings. The Kier molecular flexibility index (Phi) is 2.75. The molecule has 3 aromatic rings. The predicted octanol–water partition coefficient (Wildman–Crippen LogP) is 2.20. The third-order valence-electron chi connectivity index (χ3n) is 2.65. The second-order valence-corrected chi connectivity index (χ2v) is 3.91. The Hall–Kier alpha value is -3.00. The molecule has 0 atom stereocenters. The molecule has 90 valence electrons. The van der Waals surface area contributed by atoms with Crippen LogP contribution in [-0.2, 0) is 0 Å². The van der Waals surface area contributed by atoms with E-state index in [4.69, 9.17) is 5.26 Å². The zero-order valence-corrected chi connectivity index (χ0v) is 9.93. The number of nitrogens with zero attached hydrogens (tertiary/aromatic N) is 5. The first kappa shape index (κ1) is 11.1. The Labute approximate surface area is 109 Å². The van der Waals surface area contributed by atoms with Crippen LogP contribution in [-0.4, -0.2) is 19.7 Å². The fraction of sp³-hybridized carbons (Fsp3) is 0. The van der Waals surface area contributed by atoms with E-state index in [2.05, 4.69) is 15.1 Å². The summed E-state index contributed by atoms with van der Waals surface area (Å²) in [4.78, 5) is 8.45. The van der Waals surface area contributed by atoms with Gasteiger partial charge in [0, 0.05) is 24.2 Å². The predicted molar refractivity (Wildman–Crippen MR) is 69.3 cm³/mol. The quantitative estimate of drug-likeness (QED) is 0.696. The lowest BCUT2D eigenvalue weighted by atomic mass is 10.2. The van der Waals surface area contributed by atoms with Crippen molar-refractivity contribution in [3.63, 3.8) is 0 Å². The van der Waals surface area contributed by atoms with Gasteiger partial charge in [-0.3, -0.25) is 4.98 Å². The van der Waals surface area contributed by atoms with E-state index in [0.29, 0.717) is 11.4 Å². The van der Waals surface area contributed by atoms with E-state index in [1.54, 1.807) is 29.2 Å². The average molecular weight is 247 g/mol. The molecule has 3 aromatic heterocycles. The number of hydrogen-bond acceptors (Lipinski definition) is 4. The number of nitriles is 1. The highest BCUT2D eigenvalue weighted by molar-refractivity contribution is 5.57. The van der Waals surface area contributed by atoms with E-state index in [1.165, 1.54) is 6.20 Å². The third-order valence-corrected chi connectivity index (χ3v) is 2.65. The second kappa shape index (κ2) is 4.70. The van der Waals surface area contributed by atoms with Crippen molar-refractivity contribution in [2.45, 2.75) is 0 Å². The van der Waals surface area contributed by atoms with Crippen LogP contribution in [0.4, 0.5) is 0 Å². The van der Waals surface area contributed by atoms with Crippen molar-refractivity contribution in [2.24, 2.45) is 0 Å². The van der Waals surface area contributed by atoms with E-state index in [9.17, 15) is 0 Å². The van der Waals surface area contributed by atoms with Gasteiger partial charge in [0.25, 0.3) is 0 Å². The standard InChI is InChI=1S/C14H9N5/c15-7-11-4-5-14(17-8-11)19-10-12(9-18-19)13-3-1-2-6-16-13/h1-6,8-10H. The summed E-state index contributed by atoms with van der Waals surface area (Å²) >= 11 is 0. The van der Waals surface area contributed by atoms with Crippen molar-refractivity contribution < 1.29 is 0 Å². The minimum Gasteiger partial charge on any atom is -0.256 e. The summed E-state index contributed by atoms with van der Waals surface area (Å²) in [5, 5.41) is 13.0. The van der Waals surface area contributed by atoms with E-state index in [-0.39, 0.29) is 0 Å². The van der Waals surface area contributed by atoms with Crippen LogP contribution in [0.5, 0.6) is 0 Å². The molecule has 0 amide bonds. The Bertz CT molecular complexity index is 723. The largest absolute Gasteiger partial charge is 0.256 e. The second-order valence-electron chi connectivity index (χ2n) is 3.91. The molecule has 0 saturated carbocycles. The molecule has 3 rings (SSSR count). The molecular formula is C14H9N5. The van der Waals surface area contributed by atoms with E-state index < -0.39 is 0 Å². The monoisotopic (exact) mass is 247 g/mol. The van der Waals surface area contributed by atoms with Crippen LogP contribution in [0.3, 0.4) is 0 Å². The molecule has 0 radical (unpaired) electrons. The van der Waals surface area contributed by atoms with Gasteiger partial charge in [-0.25, -0.2) is 9.67 Å². The van der Waals surface area contributed by atoms with Crippen molar-refractivity contribution in [1.82, 2.24) is 19.7 Å². The van der Waals surface area contributed by atoms with Crippen molar-refractivity contribution in [2.75, 3.05) is 0 Å². The highest BCUT2D eigenvalue weighted by atomic mass is 15.3. The molecule has 5 nitrogen and oxygen atoms in total. The first-order valence-electron chi connectivity index (χ1n) is 5.69. The summed E-state index contributed by atoms with van der Waals surface area (Å²) in [6.07, 6.45) is 6.86. The molecule has 0 aliphatic heterocycles. The van der Waals surface area contributed by atoms with Gasteiger partial charge in [0.05, 0.1) is 17.5 Å². The molecule has 0 aliphatic carbocycles. The highest BCUT2D eigenvalue weighted by Gasteiger charge is 2.04. The van der Waals surface area contributed by atoms with Gasteiger partial charge in [-0.15, -0.1) is 0 Å². The Balaban J connectivity index is 1.95. The van der Waals surface area contributed by atoms with Gasteiger partial charge in [-0.1, -0.05) is 6.07 Å². The molecule has 0 unspecified atom stereocenters. The molecule has 5 heteroatoms. The fourth-order valence-corrected chi connectivity index (χ4v) is 1.70. The third kappa shape index (κ3) is 2.19. The van der Waals surface area contributed by atoms with Gasteiger partial charge < -0.3 is 0 Å². The van der Waals surface area contributed by atoms with Crippen LogP contribution in [0.25, 0.3) is 17.1 Å². The Morgan fingerprint density at radius 3 is 2.68 bits per heavy atom. The summed E-state index contributed by atoms with van der Waals surface area (Å²) in [5.74, 6) is 0.668. The first-order valence-corrected chi connectivity index (χ1v) is 5.69. The normalized spacial score (nSPS) is 10.1. The van der Waals surface area contributed by atoms with Crippen LogP contribution >= 0.6 is 0 Å². The lowest BCUT2D eigenvalue weighted by molar-refractivity contribution is 0.846. The Morgan fingerprint density at radius 2 is 2.00 bits per heavy atom. The van der Waals surface area contributed by atoms with Crippen LogP contribution < -0.4 is 0 Å². The lowest BCUT2D eigenvalue weighted by Crippen LogP contribution is -1.97. The van der Waals surface area contributed by atoms with Crippen molar-refractivity contribution in [1.29, 1.82) is 5.26 Å². The Morgan fingerprint density at radius 1 is 1.05 bits per heavy atom. The summed E-state index contributed by atoms with van der Waals surface area (Å²) < 4.78 is 1.66. The molecule has 3 heterocycles. The molecule has 19 heavy (non-hydrogen) atoms. The maximum atomic E-state index is 8.73. The van der Waals surface area contributed by atoms with Gasteiger partial charge in [-0.05, 0) is 24.3 Å². The highest BCUT2D eigenvalue weighted by Crippen LogP contribution is 2.16. The van der Waals surface area contributed by atoms with Gasteiger partial charge in [-0.2, -0.15) is 10.4 Å². The van der Waals surface area contributed by atoms with Crippen LogP contribution in [0.1, 0.15) is 5.56 Å². The van der Waals surface area contributed by atoms with Crippen LogP contribution in [0.15, 0.2) is 55.1 Å². The number of rotatable bonds is 2. The molecule has 0 aromatic carbocycles. The van der Waals surface area contributed by atoms with E-state index in [1.807, 2.05) is 30.5 Å². The van der Waals surface area contributed by atoms with Gasteiger partial charge in [0.2, 0.25) is 0 Å². The smallest absolute Gasteiger partial charge is 0.153 e. The molecular weight excluding hydrogens is 238 g/mol. The van der Waals surface area contributed by atoms with Crippen LogP contribution in [0.2, 0.25) is 0 Å². The minimum absolute atomic E-state index is 0.529. The van der Waals surface area contributed by atoms with E-state index in [0.717, 1.165) is 11.3 Å². The zero-order valence-electron chi connectivity index (χ0n) is 9.93. The molecule has 0 bridgehead atoms. The zero-order chi connectivity index (χ0) is 13.1. The summed E-state index contributed by atoms with van der Waals surface area (Å²) in [7, 11) is 0. The number of pyridine rings is 2. The van der Waals surface area contributed by atoms with Crippen molar-refractivity contribution in [3.8, 4) is 23.1 Å². The summed E-state index contributed by atoms with van der Waals surface area (Å²) in [6, 6.07) is 11.2. The van der Waals surface area contributed by atoms with Gasteiger partial charge >= 0.3 is 0 Å². The topological polar surface area (TPSA) is 67.4 Å². The summed E-state index contributed by atoms with van der Waals surface area (Å²) in [5.41, 5.74) is 2.31. The SMILES string of the molecule is N#Cc1ccc(-n2cc(-c3ccccn3)cn2)nc1. The maximum absolute atomic E-state index is 8.73. The first-order chi connectivity index (χ1) is 9.36. The van der Waals surface area contributed by atoms with Crippen molar-refractivity contribution in [3.05, 3.63) is 60.7 Å². The number of hydrogen-bond donors (Lipinski definition) is 0. The lowest BCUT2D eigenvalue weighted by Gasteiger charge is -1.99. The average Bonchev–Trinajstić information content (AvgIpc) is 2.98. The van der Waals surface area contributed by atoms with E-state index >= 15 is 0 Å². The van der Waals surface area contributed by atoms with Gasteiger partial charge in [0.15, 0.2) is 5.82 Å². The molecule has 0 saturated heterocycles. The van der Waals surface area contributed by atoms with Gasteiger partial charge in [0.1, 0.15) is 6.07 Å². The fourth-order valence-electron chi connectivity index (χ4n) is 1.70. The number of aromatic nitrogens is 4.